The minimum atomic E-state index is -1.02. The molecule has 1 saturated carbocycles. The van der Waals surface area contributed by atoms with Crippen molar-refractivity contribution in [3.05, 3.63) is 0 Å². The summed E-state index contributed by atoms with van der Waals surface area (Å²) in [5, 5.41) is 17.6. The van der Waals surface area contributed by atoms with Crippen molar-refractivity contribution in [2.45, 2.75) is 98.3 Å². The van der Waals surface area contributed by atoms with E-state index in [0.717, 1.165) is 12.8 Å². The van der Waals surface area contributed by atoms with Crippen molar-refractivity contribution < 1.29 is 29.0 Å². The van der Waals surface area contributed by atoms with Crippen LogP contribution in [0.3, 0.4) is 0 Å². The maximum absolute atomic E-state index is 12.7. The van der Waals surface area contributed by atoms with E-state index in [1.165, 1.54) is 0 Å². The van der Waals surface area contributed by atoms with E-state index in [-0.39, 0.29) is 35.5 Å². The second-order valence-electron chi connectivity index (χ2n) is 10.9. The Kier molecular flexibility index (Phi) is 11.1. The maximum atomic E-state index is 12.7. The van der Waals surface area contributed by atoms with Crippen LogP contribution in [0.1, 0.15) is 80.6 Å². The fraction of sp³-hybridized carbons (Fsp3) is 0.833. The Morgan fingerprint density at radius 1 is 0.970 bits per heavy atom. The van der Waals surface area contributed by atoms with E-state index in [2.05, 4.69) is 16.0 Å². The van der Waals surface area contributed by atoms with Crippen LogP contribution in [0, 0.1) is 23.7 Å². The van der Waals surface area contributed by atoms with Gasteiger partial charge in [0.15, 0.2) is 0 Å². The third-order valence-corrected chi connectivity index (χ3v) is 5.73. The average Bonchev–Trinajstić information content (AvgIpc) is 2.67. The van der Waals surface area contributed by atoms with Gasteiger partial charge in [-0.2, -0.15) is 0 Å². The highest BCUT2D eigenvalue weighted by Gasteiger charge is 2.31. The van der Waals surface area contributed by atoms with Gasteiger partial charge in [0.25, 0.3) is 0 Å². The molecule has 3 amide bonds. The number of nitrogens with one attached hydrogen (secondary N) is 3. The van der Waals surface area contributed by atoms with Crippen LogP contribution in [0.4, 0.5) is 4.79 Å². The SMILES string of the molecule is CC(C)C[C@@H](NC(=O)OC(C)(C)C)C(=O)NCC1CCC(C(=O)N[C@H](C(=O)O)C(C)C)CC1. The standard InChI is InChI=1S/C24H43N3O6/c1-14(2)12-18(26-23(32)33-24(5,6)7)21(29)25-13-16-8-10-17(11-9-16)20(28)27-19(15(3)4)22(30)31/h14-19H,8-13H2,1-7H3,(H,25,29)(H,26,32)(H,27,28)(H,30,31)/t16?,17?,18-,19+/m1/s1. The molecule has 0 heterocycles. The Hall–Kier alpha value is -2.32. The van der Waals surface area contributed by atoms with Crippen LogP contribution in [0.5, 0.6) is 0 Å². The van der Waals surface area contributed by atoms with Crippen molar-refractivity contribution >= 4 is 23.9 Å². The predicted molar refractivity (Wildman–Crippen MR) is 125 cm³/mol. The molecular formula is C24H43N3O6. The molecule has 0 saturated heterocycles. The molecule has 0 aromatic carbocycles. The summed E-state index contributed by atoms with van der Waals surface area (Å²) in [6, 6.07) is -1.56. The van der Waals surface area contributed by atoms with E-state index in [1.807, 2.05) is 13.8 Å². The van der Waals surface area contributed by atoms with Crippen molar-refractivity contribution in [3.8, 4) is 0 Å². The fourth-order valence-corrected chi connectivity index (χ4v) is 3.93. The minimum Gasteiger partial charge on any atom is -0.480 e. The molecule has 0 radical (unpaired) electrons. The summed E-state index contributed by atoms with van der Waals surface area (Å²) in [6.07, 6.45) is 2.73. The number of carbonyl (C=O) groups excluding carboxylic acids is 3. The number of amides is 3. The minimum absolute atomic E-state index is 0.189. The molecule has 1 aliphatic rings. The topological polar surface area (TPSA) is 134 Å². The summed E-state index contributed by atoms with van der Waals surface area (Å²) in [5.74, 6) is -1.42. The van der Waals surface area contributed by atoms with Crippen molar-refractivity contribution in [1.82, 2.24) is 16.0 Å². The Morgan fingerprint density at radius 2 is 1.55 bits per heavy atom. The highest BCUT2D eigenvalue weighted by atomic mass is 16.6. The summed E-state index contributed by atoms with van der Waals surface area (Å²) in [6.45, 7) is 13.3. The van der Waals surface area contributed by atoms with Gasteiger partial charge in [-0.3, -0.25) is 9.59 Å². The summed E-state index contributed by atoms with van der Waals surface area (Å²) < 4.78 is 5.28. The number of hydrogen-bond acceptors (Lipinski definition) is 5. The van der Waals surface area contributed by atoms with Gasteiger partial charge in [-0.15, -0.1) is 0 Å². The van der Waals surface area contributed by atoms with Crippen LogP contribution in [0.15, 0.2) is 0 Å². The Bertz CT molecular complexity index is 678. The first-order valence-electron chi connectivity index (χ1n) is 12.0. The zero-order valence-corrected chi connectivity index (χ0v) is 21.2. The second kappa shape index (κ2) is 12.8. The number of ether oxygens (including phenoxy) is 1. The summed E-state index contributed by atoms with van der Waals surface area (Å²) >= 11 is 0. The van der Waals surface area contributed by atoms with Crippen LogP contribution < -0.4 is 16.0 Å². The van der Waals surface area contributed by atoms with E-state index in [9.17, 15) is 24.3 Å². The van der Waals surface area contributed by atoms with E-state index in [1.54, 1.807) is 34.6 Å². The van der Waals surface area contributed by atoms with E-state index in [4.69, 9.17) is 4.74 Å². The lowest BCUT2D eigenvalue weighted by Crippen LogP contribution is -2.50. The molecule has 0 aromatic heterocycles. The molecule has 0 aliphatic heterocycles. The molecule has 4 N–H and O–H groups in total. The smallest absolute Gasteiger partial charge is 0.408 e. The van der Waals surface area contributed by atoms with E-state index in [0.29, 0.717) is 25.8 Å². The van der Waals surface area contributed by atoms with Crippen molar-refractivity contribution in [2.24, 2.45) is 23.7 Å². The van der Waals surface area contributed by atoms with Gasteiger partial charge >= 0.3 is 12.1 Å². The summed E-state index contributed by atoms with van der Waals surface area (Å²) in [5.41, 5.74) is -0.645. The van der Waals surface area contributed by atoms with Gasteiger partial charge in [-0.25, -0.2) is 9.59 Å². The molecule has 0 bridgehead atoms. The van der Waals surface area contributed by atoms with Crippen LogP contribution in [-0.4, -0.2) is 53.2 Å². The largest absolute Gasteiger partial charge is 0.480 e. The molecule has 9 heteroatoms. The van der Waals surface area contributed by atoms with Crippen molar-refractivity contribution in [3.63, 3.8) is 0 Å². The molecule has 1 fully saturated rings. The van der Waals surface area contributed by atoms with Crippen LogP contribution in [0.25, 0.3) is 0 Å². The van der Waals surface area contributed by atoms with E-state index < -0.39 is 29.7 Å². The Labute approximate surface area is 197 Å². The maximum Gasteiger partial charge on any atom is 0.408 e. The van der Waals surface area contributed by atoms with E-state index >= 15 is 0 Å². The molecule has 190 valence electrons. The molecule has 9 nitrogen and oxygen atoms in total. The first kappa shape index (κ1) is 28.7. The number of aliphatic carboxylic acids is 1. The monoisotopic (exact) mass is 469 g/mol. The molecule has 0 unspecified atom stereocenters. The van der Waals surface area contributed by atoms with Crippen molar-refractivity contribution in [1.29, 1.82) is 0 Å². The number of carboxylic acid groups (broad SMARTS) is 1. The molecular weight excluding hydrogens is 426 g/mol. The summed E-state index contributed by atoms with van der Waals surface area (Å²) in [7, 11) is 0. The van der Waals surface area contributed by atoms with Gasteiger partial charge < -0.3 is 25.8 Å². The number of rotatable bonds is 10. The molecule has 2 atom stereocenters. The number of carboxylic acids is 1. The lowest BCUT2D eigenvalue weighted by Gasteiger charge is -2.30. The normalized spacial score (nSPS) is 20.6. The van der Waals surface area contributed by atoms with Gasteiger partial charge in [0.05, 0.1) is 0 Å². The number of hydrogen-bond donors (Lipinski definition) is 4. The van der Waals surface area contributed by atoms with Gasteiger partial charge in [0.1, 0.15) is 17.7 Å². The van der Waals surface area contributed by atoms with Crippen LogP contribution in [0.2, 0.25) is 0 Å². The predicted octanol–water partition coefficient (Wildman–Crippen LogP) is 3.07. The van der Waals surface area contributed by atoms with Gasteiger partial charge in [-0.05, 0) is 70.6 Å². The lowest BCUT2D eigenvalue weighted by atomic mass is 9.81. The molecule has 0 spiro atoms. The zero-order chi connectivity index (χ0) is 25.3. The van der Waals surface area contributed by atoms with Crippen LogP contribution >= 0.6 is 0 Å². The quantitative estimate of drug-likeness (QED) is 0.388. The molecule has 1 aliphatic carbocycles. The molecule has 0 aromatic rings. The molecule has 33 heavy (non-hydrogen) atoms. The fourth-order valence-electron chi connectivity index (χ4n) is 3.93. The van der Waals surface area contributed by atoms with Gasteiger partial charge in [0, 0.05) is 12.5 Å². The lowest BCUT2D eigenvalue weighted by molar-refractivity contribution is -0.144. The number of carbonyl (C=O) groups is 4. The first-order chi connectivity index (χ1) is 15.2. The average molecular weight is 470 g/mol. The molecule has 1 rings (SSSR count). The highest BCUT2D eigenvalue weighted by Crippen LogP contribution is 2.29. The third kappa shape index (κ3) is 10.9. The van der Waals surface area contributed by atoms with Crippen molar-refractivity contribution in [2.75, 3.05) is 6.54 Å². The van der Waals surface area contributed by atoms with Gasteiger partial charge in [0.2, 0.25) is 11.8 Å². The summed E-state index contributed by atoms with van der Waals surface area (Å²) in [4.78, 5) is 48.7. The zero-order valence-electron chi connectivity index (χ0n) is 21.2. The second-order valence-corrected chi connectivity index (χ2v) is 10.9. The third-order valence-electron chi connectivity index (χ3n) is 5.73. The Morgan fingerprint density at radius 3 is 2.00 bits per heavy atom. The van der Waals surface area contributed by atoms with Crippen LogP contribution in [-0.2, 0) is 19.1 Å². The highest BCUT2D eigenvalue weighted by molar-refractivity contribution is 5.86. The number of alkyl carbamates (subject to hydrolysis) is 1. The van der Waals surface area contributed by atoms with Gasteiger partial charge in [-0.1, -0.05) is 27.7 Å². The first-order valence-corrected chi connectivity index (χ1v) is 12.0. The Balaban J connectivity index is 2.53.